The zero-order valence-corrected chi connectivity index (χ0v) is 8.77. The summed E-state index contributed by atoms with van der Waals surface area (Å²) in [7, 11) is 1.63. The van der Waals surface area contributed by atoms with Crippen LogP contribution in [0.25, 0.3) is 5.57 Å². The van der Waals surface area contributed by atoms with E-state index >= 15 is 0 Å². The molecule has 0 atom stereocenters. The molecule has 0 aliphatic heterocycles. The Morgan fingerprint density at radius 1 is 1.40 bits per heavy atom. The second-order valence-corrected chi connectivity index (χ2v) is 3.20. The molecule has 3 nitrogen and oxygen atoms in total. The first-order valence-electron chi connectivity index (χ1n) is 4.75. The monoisotopic (exact) mass is 205 g/mol. The molecule has 15 heavy (non-hydrogen) atoms. The van der Waals surface area contributed by atoms with Crippen LogP contribution >= 0.6 is 0 Å². The first-order valence-corrected chi connectivity index (χ1v) is 4.75. The highest BCUT2D eigenvalue weighted by molar-refractivity contribution is 5.78. The lowest BCUT2D eigenvalue weighted by Crippen LogP contribution is -2.09. The molecule has 1 aromatic carbocycles. The third kappa shape index (κ3) is 3.95. The lowest BCUT2D eigenvalue weighted by Gasteiger charge is -2.06. The first-order chi connectivity index (χ1) is 7.24. The second kappa shape index (κ2) is 5.98. The standard InChI is InChI=1S/C12H15NO2/c1-15-9-11(7-8-12(13)14)10-5-3-2-4-6-10/h2-7H,8-9H2,1H3,(H2,13,14). The van der Waals surface area contributed by atoms with E-state index in [9.17, 15) is 4.79 Å². The van der Waals surface area contributed by atoms with Crippen LogP contribution in [0, 0.1) is 0 Å². The SMILES string of the molecule is COCC(=CCC(N)=O)c1ccccc1. The van der Waals surface area contributed by atoms with Crippen LogP contribution in [0.2, 0.25) is 0 Å². The number of hydrogen-bond acceptors (Lipinski definition) is 2. The summed E-state index contributed by atoms with van der Waals surface area (Å²) < 4.78 is 5.07. The van der Waals surface area contributed by atoms with Gasteiger partial charge in [-0.15, -0.1) is 0 Å². The van der Waals surface area contributed by atoms with Crippen molar-refractivity contribution in [2.24, 2.45) is 5.73 Å². The average molecular weight is 205 g/mol. The van der Waals surface area contributed by atoms with Gasteiger partial charge in [-0.05, 0) is 11.1 Å². The lowest BCUT2D eigenvalue weighted by atomic mass is 10.1. The molecule has 3 heteroatoms. The van der Waals surface area contributed by atoms with Gasteiger partial charge in [0, 0.05) is 13.5 Å². The Labute approximate surface area is 89.5 Å². The first kappa shape index (κ1) is 11.5. The van der Waals surface area contributed by atoms with Crippen molar-refractivity contribution in [3.05, 3.63) is 42.0 Å². The van der Waals surface area contributed by atoms with E-state index in [2.05, 4.69) is 0 Å². The summed E-state index contributed by atoms with van der Waals surface area (Å²) in [5.41, 5.74) is 7.13. The Balaban J connectivity index is 2.83. The van der Waals surface area contributed by atoms with Crippen LogP contribution in [0.4, 0.5) is 0 Å². The zero-order valence-electron chi connectivity index (χ0n) is 8.77. The van der Waals surface area contributed by atoms with Crippen LogP contribution in [0.15, 0.2) is 36.4 Å². The molecule has 0 spiro atoms. The maximum Gasteiger partial charge on any atom is 0.221 e. The molecular weight excluding hydrogens is 190 g/mol. The number of nitrogens with two attached hydrogens (primary N) is 1. The van der Waals surface area contributed by atoms with Gasteiger partial charge in [0.05, 0.1) is 6.61 Å². The molecule has 0 heterocycles. The highest BCUT2D eigenvalue weighted by atomic mass is 16.5. The second-order valence-electron chi connectivity index (χ2n) is 3.20. The molecule has 80 valence electrons. The molecule has 2 N–H and O–H groups in total. The molecule has 0 unspecified atom stereocenters. The summed E-state index contributed by atoms with van der Waals surface area (Å²) in [5.74, 6) is -0.334. The van der Waals surface area contributed by atoms with Gasteiger partial charge in [0.1, 0.15) is 0 Å². The van der Waals surface area contributed by atoms with E-state index in [1.54, 1.807) is 13.2 Å². The van der Waals surface area contributed by atoms with Gasteiger partial charge in [0.25, 0.3) is 0 Å². The molecule has 0 bridgehead atoms. The molecule has 0 aromatic heterocycles. The van der Waals surface area contributed by atoms with Crippen LogP contribution in [-0.4, -0.2) is 19.6 Å². The highest BCUT2D eigenvalue weighted by Gasteiger charge is 2.00. The smallest absolute Gasteiger partial charge is 0.221 e. The van der Waals surface area contributed by atoms with Crippen molar-refractivity contribution in [3.8, 4) is 0 Å². The van der Waals surface area contributed by atoms with Gasteiger partial charge < -0.3 is 10.5 Å². The number of carbonyl (C=O) groups excluding carboxylic acids is 1. The van der Waals surface area contributed by atoms with Gasteiger partial charge in [0.15, 0.2) is 0 Å². The number of amides is 1. The highest BCUT2D eigenvalue weighted by Crippen LogP contribution is 2.14. The normalized spacial score (nSPS) is 11.4. The quantitative estimate of drug-likeness (QED) is 0.793. The molecule has 0 saturated carbocycles. The van der Waals surface area contributed by atoms with Crippen LogP contribution in [0.1, 0.15) is 12.0 Å². The Hall–Kier alpha value is -1.61. The van der Waals surface area contributed by atoms with Crippen molar-refractivity contribution >= 4 is 11.5 Å². The number of rotatable bonds is 5. The van der Waals surface area contributed by atoms with Gasteiger partial charge in [-0.2, -0.15) is 0 Å². The van der Waals surface area contributed by atoms with Gasteiger partial charge in [-0.1, -0.05) is 36.4 Å². The predicted octanol–water partition coefficient (Wildman–Crippen LogP) is 1.59. The van der Waals surface area contributed by atoms with Crippen LogP contribution in [-0.2, 0) is 9.53 Å². The largest absolute Gasteiger partial charge is 0.380 e. The van der Waals surface area contributed by atoms with Crippen molar-refractivity contribution in [2.75, 3.05) is 13.7 Å². The molecule has 0 saturated heterocycles. The van der Waals surface area contributed by atoms with E-state index in [0.29, 0.717) is 6.61 Å². The minimum atomic E-state index is -0.334. The minimum Gasteiger partial charge on any atom is -0.380 e. The van der Waals surface area contributed by atoms with Gasteiger partial charge in [-0.3, -0.25) is 4.79 Å². The summed E-state index contributed by atoms with van der Waals surface area (Å²) in [4.78, 5) is 10.7. The summed E-state index contributed by atoms with van der Waals surface area (Å²) in [5, 5.41) is 0. The maximum absolute atomic E-state index is 10.7. The Kier molecular flexibility index (Phi) is 4.57. The molecule has 1 aromatic rings. The van der Waals surface area contributed by atoms with Crippen molar-refractivity contribution in [1.82, 2.24) is 0 Å². The Morgan fingerprint density at radius 3 is 2.60 bits per heavy atom. The van der Waals surface area contributed by atoms with Crippen molar-refractivity contribution in [1.29, 1.82) is 0 Å². The lowest BCUT2D eigenvalue weighted by molar-refractivity contribution is -0.117. The van der Waals surface area contributed by atoms with Gasteiger partial charge >= 0.3 is 0 Å². The van der Waals surface area contributed by atoms with E-state index in [0.717, 1.165) is 11.1 Å². The number of methoxy groups -OCH3 is 1. The van der Waals surface area contributed by atoms with E-state index in [1.807, 2.05) is 30.3 Å². The summed E-state index contributed by atoms with van der Waals surface area (Å²) in [6, 6.07) is 9.80. The fourth-order valence-electron chi connectivity index (χ4n) is 1.29. The van der Waals surface area contributed by atoms with Crippen LogP contribution in [0.5, 0.6) is 0 Å². The van der Waals surface area contributed by atoms with E-state index < -0.39 is 0 Å². The number of hydrogen-bond donors (Lipinski definition) is 1. The van der Waals surface area contributed by atoms with Crippen LogP contribution < -0.4 is 5.73 Å². The fraction of sp³-hybridized carbons (Fsp3) is 0.250. The number of benzene rings is 1. The van der Waals surface area contributed by atoms with Gasteiger partial charge in [-0.25, -0.2) is 0 Å². The molecule has 1 amide bonds. The summed E-state index contributed by atoms with van der Waals surface area (Å²) >= 11 is 0. The molecule has 0 aliphatic carbocycles. The van der Waals surface area contributed by atoms with Crippen molar-refractivity contribution in [3.63, 3.8) is 0 Å². The van der Waals surface area contributed by atoms with Gasteiger partial charge in [0.2, 0.25) is 5.91 Å². The topological polar surface area (TPSA) is 52.3 Å². The number of primary amides is 1. The molecule has 0 radical (unpaired) electrons. The molecular formula is C12H15NO2. The van der Waals surface area contributed by atoms with Crippen LogP contribution in [0.3, 0.4) is 0 Å². The Morgan fingerprint density at radius 2 is 2.07 bits per heavy atom. The average Bonchev–Trinajstić information content (AvgIpc) is 2.25. The molecule has 0 aliphatic rings. The third-order valence-electron chi connectivity index (χ3n) is 1.99. The molecule has 0 fully saturated rings. The van der Waals surface area contributed by atoms with Crippen molar-refractivity contribution in [2.45, 2.75) is 6.42 Å². The number of carbonyl (C=O) groups is 1. The van der Waals surface area contributed by atoms with E-state index in [4.69, 9.17) is 10.5 Å². The predicted molar refractivity (Wildman–Crippen MR) is 60.1 cm³/mol. The van der Waals surface area contributed by atoms with E-state index in [-0.39, 0.29) is 12.3 Å². The fourth-order valence-corrected chi connectivity index (χ4v) is 1.29. The summed E-state index contributed by atoms with van der Waals surface area (Å²) in [6.45, 7) is 0.483. The Bertz CT molecular complexity index is 344. The van der Waals surface area contributed by atoms with Crippen molar-refractivity contribution < 1.29 is 9.53 Å². The maximum atomic E-state index is 10.7. The number of ether oxygens (including phenoxy) is 1. The zero-order chi connectivity index (χ0) is 11.1. The molecule has 1 rings (SSSR count). The van der Waals surface area contributed by atoms with E-state index in [1.165, 1.54) is 0 Å². The summed E-state index contributed by atoms with van der Waals surface area (Å²) in [6.07, 6.45) is 2.05. The minimum absolute atomic E-state index is 0.244. The third-order valence-corrected chi connectivity index (χ3v) is 1.99.